The summed E-state index contributed by atoms with van der Waals surface area (Å²) in [5.74, 6) is -0.264. The molecule has 1 fully saturated rings. The fraction of sp³-hybridized carbons (Fsp3) is 0.214. The molecule has 188 valence electrons. The largest absolute Gasteiger partial charge is 0.339 e. The summed E-state index contributed by atoms with van der Waals surface area (Å²) < 4.78 is 1.68. The van der Waals surface area contributed by atoms with Gasteiger partial charge in [-0.3, -0.25) is 14.4 Å². The van der Waals surface area contributed by atoms with Gasteiger partial charge in [-0.15, -0.1) is 11.3 Å². The minimum absolute atomic E-state index is 0.0960. The number of benzene rings is 3. The smallest absolute Gasteiger partial charge is 0.256 e. The second kappa shape index (κ2) is 11.6. The van der Waals surface area contributed by atoms with E-state index in [4.69, 9.17) is 0 Å². The molecule has 0 radical (unpaired) electrons. The highest BCUT2D eigenvalue weighted by Gasteiger charge is 2.23. The normalized spacial score (nSPS) is 13.4. The lowest BCUT2D eigenvalue weighted by Gasteiger charge is -2.27. The van der Waals surface area contributed by atoms with Crippen molar-refractivity contribution in [3.8, 4) is 0 Å². The first kappa shape index (κ1) is 25.0. The highest BCUT2D eigenvalue weighted by molar-refractivity contribution is 8.01. The van der Waals surface area contributed by atoms with Crippen LogP contribution in [0.5, 0.6) is 0 Å². The lowest BCUT2D eigenvalue weighted by molar-refractivity contribution is -0.113. The molecule has 2 heterocycles. The molecule has 0 spiro atoms. The summed E-state index contributed by atoms with van der Waals surface area (Å²) >= 11 is 2.84. The van der Waals surface area contributed by atoms with E-state index in [0.717, 1.165) is 52.6 Å². The van der Waals surface area contributed by atoms with Gasteiger partial charge in [-0.1, -0.05) is 42.1 Å². The van der Waals surface area contributed by atoms with Gasteiger partial charge in [0.05, 0.1) is 27.1 Å². The number of piperidine rings is 1. The third-order valence-electron chi connectivity index (χ3n) is 6.06. The molecule has 0 atom stereocenters. The van der Waals surface area contributed by atoms with Crippen LogP contribution in [0.2, 0.25) is 0 Å². The molecule has 1 aromatic heterocycles. The number of hydrogen-bond acceptors (Lipinski definition) is 6. The minimum atomic E-state index is -0.322. The number of rotatable bonds is 7. The molecule has 9 heteroatoms. The first-order valence-electron chi connectivity index (χ1n) is 12.1. The van der Waals surface area contributed by atoms with Crippen LogP contribution >= 0.6 is 23.1 Å². The summed E-state index contributed by atoms with van der Waals surface area (Å²) in [7, 11) is 0. The summed E-state index contributed by atoms with van der Waals surface area (Å²) in [6.07, 6.45) is 3.12. The molecule has 1 aliphatic rings. The highest BCUT2D eigenvalue weighted by atomic mass is 32.2. The molecule has 5 rings (SSSR count). The SMILES string of the molecule is O=C(CSc1nc2ccc(NC(=O)c3ccccc3C(=O)N3CCCCC3)cc2s1)Nc1ccccc1. The number of fused-ring (bicyclic) bond motifs is 1. The number of thiazole rings is 1. The molecule has 37 heavy (non-hydrogen) atoms. The zero-order chi connectivity index (χ0) is 25.6. The van der Waals surface area contributed by atoms with Gasteiger partial charge in [-0.2, -0.15) is 0 Å². The van der Waals surface area contributed by atoms with Gasteiger partial charge in [0, 0.05) is 24.5 Å². The number of nitrogens with zero attached hydrogens (tertiary/aromatic N) is 2. The van der Waals surface area contributed by atoms with Crippen LogP contribution in [0.15, 0.2) is 77.1 Å². The lowest BCUT2D eigenvalue weighted by atomic mass is 10.0. The fourth-order valence-electron chi connectivity index (χ4n) is 4.22. The molecule has 0 bridgehead atoms. The second-order valence-electron chi connectivity index (χ2n) is 8.72. The van der Waals surface area contributed by atoms with E-state index in [1.165, 1.54) is 23.1 Å². The van der Waals surface area contributed by atoms with Gasteiger partial charge >= 0.3 is 0 Å². The van der Waals surface area contributed by atoms with E-state index in [0.29, 0.717) is 16.8 Å². The number of carbonyl (C=O) groups excluding carboxylic acids is 3. The van der Waals surface area contributed by atoms with Crippen LogP contribution in [0.3, 0.4) is 0 Å². The van der Waals surface area contributed by atoms with Crippen molar-refractivity contribution in [1.29, 1.82) is 0 Å². The standard InChI is InChI=1S/C28H26N4O3S2/c33-25(29-19-9-3-1-4-10-19)18-36-28-31-23-14-13-20(17-24(23)37-28)30-26(34)21-11-5-6-12-22(21)27(35)32-15-7-2-8-16-32/h1,3-6,9-14,17H,2,7-8,15-16,18H2,(H,29,33)(H,30,34). The number of hydrogen-bond donors (Lipinski definition) is 2. The lowest BCUT2D eigenvalue weighted by Crippen LogP contribution is -2.36. The Morgan fingerprint density at radius 3 is 2.35 bits per heavy atom. The minimum Gasteiger partial charge on any atom is -0.339 e. The molecule has 2 N–H and O–H groups in total. The van der Waals surface area contributed by atoms with Crippen molar-refractivity contribution in [2.24, 2.45) is 0 Å². The van der Waals surface area contributed by atoms with Gasteiger partial charge in [-0.25, -0.2) is 4.98 Å². The van der Waals surface area contributed by atoms with E-state index in [2.05, 4.69) is 15.6 Å². The van der Waals surface area contributed by atoms with E-state index in [-0.39, 0.29) is 23.5 Å². The molecule has 4 aromatic rings. The average Bonchev–Trinajstić information content (AvgIpc) is 3.35. The van der Waals surface area contributed by atoms with Crippen molar-refractivity contribution in [2.75, 3.05) is 29.5 Å². The second-order valence-corrected chi connectivity index (χ2v) is 11.0. The maximum atomic E-state index is 13.1. The number of nitrogens with one attached hydrogen (secondary N) is 2. The molecular formula is C28H26N4O3S2. The number of carbonyl (C=O) groups is 3. The summed E-state index contributed by atoms with van der Waals surface area (Å²) in [6.45, 7) is 1.45. The van der Waals surface area contributed by atoms with Crippen LogP contribution in [0, 0.1) is 0 Å². The highest BCUT2D eigenvalue weighted by Crippen LogP contribution is 2.31. The van der Waals surface area contributed by atoms with Crippen LogP contribution in [0.25, 0.3) is 10.2 Å². The van der Waals surface area contributed by atoms with Gasteiger partial charge in [-0.05, 0) is 61.7 Å². The Bertz CT molecular complexity index is 1430. The van der Waals surface area contributed by atoms with E-state index in [9.17, 15) is 14.4 Å². The van der Waals surface area contributed by atoms with Crippen molar-refractivity contribution < 1.29 is 14.4 Å². The summed E-state index contributed by atoms with van der Waals surface area (Å²) in [4.78, 5) is 44.9. The topological polar surface area (TPSA) is 91.4 Å². The van der Waals surface area contributed by atoms with Crippen molar-refractivity contribution in [3.63, 3.8) is 0 Å². The van der Waals surface area contributed by atoms with Gasteiger partial charge < -0.3 is 15.5 Å². The number of likely N-dealkylation sites (tertiary alicyclic amines) is 1. The Morgan fingerprint density at radius 1 is 0.838 bits per heavy atom. The quantitative estimate of drug-likeness (QED) is 0.290. The molecule has 7 nitrogen and oxygen atoms in total. The van der Waals surface area contributed by atoms with Gasteiger partial charge in [0.25, 0.3) is 11.8 Å². The molecule has 3 aromatic carbocycles. The van der Waals surface area contributed by atoms with Crippen LogP contribution in [0.4, 0.5) is 11.4 Å². The molecule has 0 saturated carbocycles. The Kier molecular flexibility index (Phi) is 7.82. The maximum absolute atomic E-state index is 13.1. The van der Waals surface area contributed by atoms with Crippen LogP contribution < -0.4 is 10.6 Å². The molecule has 0 aliphatic carbocycles. The first-order chi connectivity index (χ1) is 18.1. The molecular weight excluding hydrogens is 504 g/mol. The zero-order valence-corrected chi connectivity index (χ0v) is 21.7. The van der Waals surface area contributed by atoms with E-state index in [1.807, 2.05) is 47.4 Å². The molecule has 0 unspecified atom stereocenters. The Morgan fingerprint density at radius 2 is 1.57 bits per heavy atom. The number of thioether (sulfide) groups is 1. The summed E-state index contributed by atoms with van der Waals surface area (Å²) in [6, 6.07) is 21.8. The monoisotopic (exact) mass is 530 g/mol. The first-order valence-corrected chi connectivity index (χ1v) is 13.9. The third-order valence-corrected chi connectivity index (χ3v) is 8.22. The molecule has 1 aliphatic heterocycles. The predicted molar refractivity (Wildman–Crippen MR) is 150 cm³/mol. The van der Waals surface area contributed by atoms with Crippen LogP contribution in [-0.4, -0.2) is 46.4 Å². The van der Waals surface area contributed by atoms with Crippen molar-refractivity contribution >= 4 is 62.4 Å². The molecule has 3 amide bonds. The number of anilines is 2. The van der Waals surface area contributed by atoms with Crippen molar-refractivity contribution in [1.82, 2.24) is 9.88 Å². The Labute approximate surface area is 223 Å². The zero-order valence-electron chi connectivity index (χ0n) is 20.1. The Balaban J connectivity index is 1.24. The maximum Gasteiger partial charge on any atom is 0.256 e. The number of amides is 3. The third kappa shape index (κ3) is 6.18. The fourth-order valence-corrected chi connectivity index (χ4v) is 6.13. The van der Waals surface area contributed by atoms with E-state index in [1.54, 1.807) is 30.3 Å². The van der Waals surface area contributed by atoms with E-state index >= 15 is 0 Å². The molecule has 1 saturated heterocycles. The van der Waals surface area contributed by atoms with Gasteiger partial charge in [0.2, 0.25) is 5.91 Å². The van der Waals surface area contributed by atoms with Crippen molar-refractivity contribution in [3.05, 3.63) is 83.9 Å². The van der Waals surface area contributed by atoms with Crippen LogP contribution in [-0.2, 0) is 4.79 Å². The predicted octanol–water partition coefficient (Wildman–Crippen LogP) is 5.91. The number of aromatic nitrogens is 1. The number of para-hydroxylation sites is 1. The van der Waals surface area contributed by atoms with Crippen LogP contribution in [0.1, 0.15) is 40.0 Å². The average molecular weight is 531 g/mol. The summed E-state index contributed by atoms with van der Waals surface area (Å²) in [5.41, 5.74) is 2.97. The Hall–Kier alpha value is -3.69. The van der Waals surface area contributed by atoms with Gasteiger partial charge in [0.15, 0.2) is 4.34 Å². The van der Waals surface area contributed by atoms with E-state index < -0.39 is 0 Å². The van der Waals surface area contributed by atoms with Gasteiger partial charge in [0.1, 0.15) is 0 Å². The summed E-state index contributed by atoms with van der Waals surface area (Å²) in [5, 5.41) is 5.80. The van der Waals surface area contributed by atoms with Crippen molar-refractivity contribution in [2.45, 2.75) is 23.6 Å².